The lowest BCUT2D eigenvalue weighted by Crippen LogP contribution is -2.28. The highest BCUT2D eigenvalue weighted by molar-refractivity contribution is 5.89. The summed E-state index contributed by atoms with van der Waals surface area (Å²) in [5, 5.41) is 3.15. The van der Waals surface area contributed by atoms with Crippen LogP contribution in [0.3, 0.4) is 0 Å². The van der Waals surface area contributed by atoms with Gasteiger partial charge in [-0.3, -0.25) is 0 Å². The molecule has 0 unspecified atom stereocenters. The molecule has 0 saturated carbocycles. The van der Waals surface area contributed by atoms with E-state index in [1.807, 2.05) is 0 Å². The molecule has 5 heteroatoms. The Morgan fingerprint density at radius 2 is 1.05 bits per heavy atom. The monoisotopic (exact) mass is 256 g/mol. The number of nitrogens with zero attached hydrogens (tertiary/aromatic N) is 1. The number of hydrogen-bond donors (Lipinski definition) is 0. The van der Waals surface area contributed by atoms with Crippen molar-refractivity contribution in [2.75, 3.05) is 0 Å². The summed E-state index contributed by atoms with van der Waals surface area (Å²) in [6, 6.07) is 16.7. The molecule has 0 aliphatic rings. The third-order valence-corrected chi connectivity index (χ3v) is 2.08. The van der Waals surface area contributed by atoms with Crippen molar-refractivity contribution in [3.8, 4) is 11.5 Å². The largest absolute Gasteiger partial charge is 0.445 e. The van der Waals surface area contributed by atoms with Gasteiger partial charge in [0.2, 0.25) is 0 Å². The Hall–Kier alpha value is -2.82. The average molecular weight is 256 g/mol. The number of imide groups is 1. The summed E-state index contributed by atoms with van der Waals surface area (Å²) in [7, 11) is 0. The van der Waals surface area contributed by atoms with Crippen molar-refractivity contribution in [1.82, 2.24) is 5.32 Å². The first kappa shape index (κ1) is 12.6. The summed E-state index contributed by atoms with van der Waals surface area (Å²) >= 11 is 0. The van der Waals surface area contributed by atoms with Crippen LogP contribution < -0.4 is 14.8 Å². The van der Waals surface area contributed by atoms with Gasteiger partial charge in [-0.15, -0.1) is 0 Å². The molecule has 2 aromatic rings. The molecule has 0 fully saturated rings. The van der Waals surface area contributed by atoms with E-state index >= 15 is 0 Å². The summed E-state index contributed by atoms with van der Waals surface area (Å²) in [5.41, 5.74) is 0. The zero-order valence-corrected chi connectivity index (χ0v) is 9.85. The highest BCUT2D eigenvalue weighted by Crippen LogP contribution is 2.10. The highest BCUT2D eigenvalue weighted by Gasteiger charge is 2.14. The lowest BCUT2D eigenvalue weighted by atomic mass is 10.3. The molecule has 0 spiro atoms. The first-order chi connectivity index (χ1) is 9.24. The SMILES string of the molecule is O=C([N]C(=O)Oc1ccccc1)Oc1ccccc1. The molecule has 0 aliphatic carbocycles. The van der Waals surface area contributed by atoms with E-state index < -0.39 is 12.2 Å². The maximum atomic E-state index is 11.3. The topological polar surface area (TPSA) is 66.7 Å². The second-order valence-electron chi connectivity index (χ2n) is 3.47. The van der Waals surface area contributed by atoms with Crippen LogP contribution in [-0.4, -0.2) is 12.2 Å². The van der Waals surface area contributed by atoms with Crippen LogP contribution in [0.1, 0.15) is 0 Å². The molecule has 2 aromatic carbocycles. The molecule has 0 N–H and O–H groups in total. The van der Waals surface area contributed by atoms with E-state index in [1.165, 1.54) is 0 Å². The van der Waals surface area contributed by atoms with Crippen LogP contribution in [0.25, 0.3) is 0 Å². The molecule has 1 radical (unpaired) electrons. The predicted octanol–water partition coefficient (Wildman–Crippen LogP) is 2.99. The van der Waals surface area contributed by atoms with Crippen LogP contribution in [0.2, 0.25) is 0 Å². The molecule has 2 rings (SSSR count). The van der Waals surface area contributed by atoms with Crippen molar-refractivity contribution in [2.24, 2.45) is 0 Å². The number of hydrogen-bond acceptors (Lipinski definition) is 4. The Morgan fingerprint density at radius 1 is 0.684 bits per heavy atom. The van der Waals surface area contributed by atoms with Gasteiger partial charge in [-0.2, -0.15) is 0 Å². The molecule has 0 saturated heterocycles. The van der Waals surface area contributed by atoms with Gasteiger partial charge in [-0.1, -0.05) is 41.7 Å². The smallest absolute Gasteiger partial charge is 0.409 e. The van der Waals surface area contributed by atoms with Crippen LogP contribution in [0.4, 0.5) is 9.59 Å². The zero-order valence-electron chi connectivity index (χ0n) is 9.85. The number of amides is 2. The van der Waals surface area contributed by atoms with Crippen LogP contribution in [0.15, 0.2) is 60.7 Å². The molecule has 95 valence electrons. The van der Waals surface area contributed by atoms with Crippen LogP contribution in [0, 0.1) is 0 Å². The van der Waals surface area contributed by atoms with Crippen molar-refractivity contribution in [3.05, 3.63) is 60.7 Å². The lowest BCUT2D eigenvalue weighted by Gasteiger charge is -2.04. The molecule has 0 bridgehead atoms. The minimum atomic E-state index is -1.02. The minimum Gasteiger partial charge on any atom is -0.409 e. The Morgan fingerprint density at radius 3 is 1.42 bits per heavy atom. The van der Waals surface area contributed by atoms with Crippen molar-refractivity contribution in [2.45, 2.75) is 0 Å². The van der Waals surface area contributed by atoms with E-state index in [1.54, 1.807) is 60.7 Å². The molecule has 0 aliphatic heterocycles. The van der Waals surface area contributed by atoms with Gasteiger partial charge in [0.05, 0.1) is 0 Å². The van der Waals surface area contributed by atoms with E-state index in [0.29, 0.717) is 11.5 Å². The number of para-hydroxylation sites is 2. The fourth-order valence-corrected chi connectivity index (χ4v) is 1.30. The first-order valence-electron chi connectivity index (χ1n) is 5.49. The number of carbonyl (C=O) groups excluding carboxylic acids is 2. The van der Waals surface area contributed by atoms with Crippen LogP contribution in [-0.2, 0) is 0 Å². The molecule has 2 amide bonds. The Bertz CT molecular complexity index is 503. The molecule has 5 nitrogen and oxygen atoms in total. The van der Waals surface area contributed by atoms with Gasteiger partial charge in [-0.05, 0) is 24.3 Å². The fourth-order valence-electron chi connectivity index (χ4n) is 1.30. The Balaban J connectivity index is 1.84. The number of carbonyl (C=O) groups is 2. The van der Waals surface area contributed by atoms with Crippen molar-refractivity contribution >= 4 is 12.2 Å². The van der Waals surface area contributed by atoms with Gasteiger partial charge >= 0.3 is 12.2 Å². The van der Waals surface area contributed by atoms with Crippen molar-refractivity contribution in [1.29, 1.82) is 0 Å². The van der Waals surface area contributed by atoms with Gasteiger partial charge in [0.25, 0.3) is 0 Å². The molecule has 0 aromatic heterocycles. The molecule has 0 atom stereocenters. The van der Waals surface area contributed by atoms with Gasteiger partial charge in [0.15, 0.2) is 0 Å². The summed E-state index contributed by atoms with van der Waals surface area (Å²) in [6.07, 6.45) is -2.04. The van der Waals surface area contributed by atoms with Gasteiger partial charge in [0.1, 0.15) is 11.5 Å². The van der Waals surface area contributed by atoms with Gasteiger partial charge in [0, 0.05) is 0 Å². The molecule has 19 heavy (non-hydrogen) atoms. The van der Waals surface area contributed by atoms with Crippen molar-refractivity contribution in [3.63, 3.8) is 0 Å². The summed E-state index contributed by atoms with van der Waals surface area (Å²) in [6.45, 7) is 0. The number of rotatable bonds is 2. The number of ether oxygens (including phenoxy) is 2. The van der Waals surface area contributed by atoms with E-state index in [9.17, 15) is 9.59 Å². The molecular formula is C14H10NO4. The van der Waals surface area contributed by atoms with Crippen LogP contribution in [0.5, 0.6) is 11.5 Å². The average Bonchev–Trinajstić information content (AvgIpc) is 2.40. The zero-order chi connectivity index (χ0) is 13.5. The Labute approximate surface area is 109 Å². The standard InChI is InChI=1S/C14H10NO4/c16-13(18-11-7-3-1-4-8-11)15-14(17)19-12-9-5-2-6-10-12/h1-10H. The first-order valence-corrected chi connectivity index (χ1v) is 5.49. The third kappa shape index (κ3) is 4.16. The second-order valence-corrected chi connectivity index (χ2v) is 3.47. The molecule has 0 heterocycles. The highest BCUT2D eigenvalue weighted by atomic mass is 16.6. The lowest BCUT2D eigenvalue weighted by molar-refractivity contribution is 0.180. The maximum Gasteiger partial charge on any atom is 0.445 e. The normalized spacial score (nSPS) is 9.47. The van der Waals surface area contributed by atoms with E-state index in [-0.39, 0.29) is 0 Å². The number of benzene rings is 2. The second kappa shape index (κ2) is 6.20. The summed E-state index contributed by atoms with van der Waals surface area (Å²) < 4.78 is 9.63. The van der Waals surface area contributed by atoms with E-state index in [4.69, 9.17) is 9.47 Å². The maximum absolute atomic E-state index is 11.3. The van der Waals surface area contributed by atoms with E-state index in [2.05, 4.69) is 5.32 Å². The van der Waals surface area contributed by atoms with Gasteiger partial charge in [-0.25, -0.2) is 9.59 Å². The Kier molecular flexibility index (Phi) is 4.12. The summed E-state index contributed by atoms with van der Waals surface area (Å²) in [4.78, 5) is 22.6. The van der Waals surface area contributed by atoms with Gasteiger partial charge < -0.3 is 9.47 Å². The third-order valence-electron chi connectivity index (χ3n) is 2.08. The fraction of sp³-hybridized carbons (Fsp3) is 0. The van der Waals surface area contributed by atoms with Crippen LogP contribution >= 0.6 is 0 Å². The van der Waals surface area contributed by atoms with Crippen molar-refractivity contribution < 1.29 is 19.1 Å². The quantitative estimate of drug-likeness (QED) is 0.828. The van der Waals surface area contributed by atoms with E-state index in [0.717, 1.165) is 0 Å². The predicted molar refractivity (Wildman–Crippen MR) is 67.1 cm³/mol. The molecular weight excluding hydrogens is 246 g/mol. The summed E-state index contributed by atoms with van der Waals surface area (Å²) in [5.74, 6) is 0.618. The minimum absolute atomic E-state index is 0.309.